The number of nitrogens with zero attached hydrogens (tertiary/aromatic N) is 1. The topological polar surface area (TPSA) is 93.3 Å². The van der Waals surface area contributed by atoms with Gasteiger partial charge in [-0.05, 0) is 0 Å². The number of methoxy groups -OCH3 is 2. The zero-order valence-electron chi connectivity index (χ0n) is 8.43. The Bertz CT molecular complexity index is 371. The van der Waals surface area contributed by atoms with Crippen molar-refractivity contribution in [2.75, 3.05) is 20.8 Å². The van der Waals surface area contributed by atoms with Crippen LogP contribution in [0.3, 0.4) is 0 Å². The van der Waals surface area contributed by atoms with Gasteiger partial charge in [-0.1, -0.05) is 0 Å². The molecule has 1 rings (SSSR count). The van der Waals surface area contributed by atoms with E-state index in [1.165, 1.54) is 26.7 Å². The fraction of sp³-hybridized carbons (Fsp3) is 0.571. The molecule has 8 heteroatoms. The predicted molar refractivity (Wildman–Crippen MR) is 51.6 cm³/mol. The van der Waals surface area contributed by atoms with Gasteiger partial charge in [0.15, 0.2) is 11.3 Å². The molecule has 0 aliphatic carbocycles. The van der Waals surface area contributed by atoms with Crippen LogP contribution in [0.4, 0.5) is 0 Å². The Labute approximate surface area is 87.9 Å². The molecule has 0 aliphatic rings. The number of aromatic amines is 1. The highest BCUT2D eigenvalue weighted by molar-refractivity contribution is 7.89. The molecule has 0 saturated carbocycles. The number of H-pyrrole nitrogens is 1. The second-order valence-electron chi connectivity index (χ2n) is 2.67. The van der Waals surface area contributed by atoms with Crippen LogP contribution in [0, 0.1) is 0 Å². The number of hydrogen-bond donors (Lipinski definition) is 2. The van der Waals surface area contributed by atoms with Crippen molar-refractivity contribution in [1.29, 1.82) is 0 Å². The minimum atomic E-state index is -3.56. The average Bonchev–Trinajstić information content (AvgIpc) is 2.72. The van der Waals surface area contributed by atoms with E-state index in [-0.39, 0.29) is 11.6 Å². The SMILES string of the molecule is COC(CNS(=O)(=O)c1cnc[nH]1)OC. The molecule has 0 bridgehead atoms. The molecule has 0 fully saturated rings. The van der Waals surface area contributed by atoms with Gasteiger partial charge in [-0.25, -0.2) is 18.1 Å². The van der Waals surface area contributed by atoms with Crippen molar-refractivity contribution in [2.45, 2.75) is 11.3 Å². The summed E-state index contributed by atoms with van der Waals surface area (Å²) >= 11 is 0. The molecule has 1 heterocycles. The van der Waals surface area contributed by atoms with Gasteiger partial charge in [0.25, 0.3) is 10.0 Å². The van der Waals surface area contributed by atoms with E-state index in [1.807, 2.05) is 0 Å². The minimum absolute atomic E-state index is 0.00783. The summed E-state index contributed by atoms with van der Waals surface area (Å²) in [6, 6.07) is 0. The number of rotatable bonds is 6. The van der Waals surface area contributed by atoms with Crippen LogP contribution in [0.25, 0.3) is 0 Å². The molecule has 0 unspecified atom stereocenters. The van der Waals surface area contributed by atoms with Crippen LogP contribution in [0.1, 0.15) is 0 Å². The highest BCUT2D eigenvalue weighted by Crippen LogP contribution is 2.02. The Morgan fingerprint density at radius 3 is 2.67 bits per heavy atom. The van der Waals surface area contributed by atoms with Crippen LogP contribution < -0.4 is 4.72 Å². The van der Waals surface area contributed by atoms with Gasteiger partial charge in [0, 0.05) is 14.2 Å². The fourth-order valence-corrected chi connectivity index (χ4v) is 1.83. The Hall–Kier alpha value is -0.960. The van der Waals surface area contributed by atoms with Crippen LogP contribution in [-0.4, -0.2) is 45.4 Å². The lowest BCUT2D eigenvalue weighted by molar-refractivity contribution is -0.0960. The van der Waals surface area contributed by atoms with Gasteiger partial charge in [-0.15, -0.1) is 0 Å². The van der Waals surface area contributed by atoms with Crippen LogP contribution in [0.5, 0.6) is 0 Å². The van der Waals surface area contributed by atoms with Gasteiger partial charge >= 0.3 is 0 Å². The van der Waals surface area contributed by atoms with Gasteiger partial charge in [0.05, 0.1) is 19.1 Å². The van der Waals surface area contributed by atoms with E-state index in [0.717, 1.165) is 0 Å². The zero-order valence-corrected chi connectivity index (χ0v) is 9.24. The van der Waals surface area contributed by atoms with E-state index >= 15 is 0 Å². The Balaban J connectivity index is 2.59. The standard InChI is InChI=1S/C7H13N3O4S/c1-13-7(14-2)4-10-15(11,12)6-3-8-5-9-6/h3,5,7,10H,4H2,1-2H3,(H,8,9). The highest BCUT2D eigenvalue weighted by atomic mass is 32.2. The average molecular weight is 235 g/mol. The van der Waals surface area contributed by atoms with E-state index < -0.39 is 16.3 Å². The van der Waals surface area contributed by atoms with Crippen molar-refractivity contribution < 1.29 is 17.9 Å². The molecule has 0 radical (unpaired) electrons. The third-order valence-electron chi connectivity index (χ3n) is 1.73. The molecule has 7 nitrogen and oxygen atoms in total. The van der Waals surface area contributed by atoms with Crippen molar-refractivity contribution in [2.24, 2.45) is 0 Å². The molecule has 86 valence electrons. The molecule has 0 spiro atoms. The van der Waals surface area contributed by atoms with Crippen LogP contribution >= 0.6 is 0 Å². The molecular weight excluding hydrogens is 222 g/mol. The summed E-state index contributed by atoms with van der Waals surface area (Å²) in [5, 5.41) is 0.00783. The number of nitrogens with one attached hydrogen (secondary N) is 2. The molecule has 0 aliphatic heterocycles. The molecule has 0 saturated heterocycles. The molecule has 0 aromatic carbocycles. The van der Waals surface area contributed by atoms with Crippen molar-refractivity contribution in [1.82, 2.24) is 14.7 Å². The first-order valence-corrected chi connectivity index (χ1v) is 5.62. The third kappa shape index (κ3) is 3.27. The maximum atomic E-state index is 11.5. The first-order chi connectivity index (χ1) is 7.10. The van der Waals surface area contributed by atoms with Gasteiger partial charge in [-0.3, -0.25) is 0 Å². The summed E-state index contributed by atoms with van der Waals surface area (Å²) < 4.78 is 35.1. The predicted octanol–water partition coefficient (Wildman–Crippen LogP) is -0.693. The summed E-state index contributed by atoms with van der Waals surface area (Å²) in [6.45, 7) is 0.0361. The number of ether oxygens (including phenoxy) is 2. The van der Waals surface area contributed by atoms with Crippen molar-refractivity contribution in [3.8, 4) is 0 Å². The molecule has 15 heavy (non-hydrogen) atoms. The summed E-state index contributed by atoms with van der Waals surface area (Å²) in [4.78, 5) is 6.11. The number of aromatic nitrogens is 2. The summed E-state index contributed by atoms with van der Waals surface area (Å²) in [5.41, 5.74) is 0. The van der Waals surface area contributed by atoms with Gasteiger partial charge < -0.3 is 14.5 Å². The Morgan fingerprint density at radius 1 is 1.53 bits per heavy atom. The lowest BCUT2D eigenvalue weighted by Gasteiger charge is -2.13. The van der Waals surface area contributed by atoms with Crippen LogP contribution in [0.15, 0.2) is 17.6 Å². The van der Waals surface area contributed by atoms with Crippen molar-refractivity contribution in [3.05, 3.63) is 12.5 Å². The molecule has 1 aromatic heterocycles. The molecule has 0 amide bonds. The lowest BCUT2D eigenvalue weighted by Crippen LogP contribution is -2.34. The van der Waals surface area contributed by atoms with E-state index in [9.17, 15) is 8.42 Å². The molecule has 0 atom stereocenters. The largest absolute Gasteiger partial charge is 0.355 e. The minimum Gasteiger partial charge on any atom is -0.355 e. The van der Waals surface area contributed by atoms with E-state index in [2.05, 4.69) is 14.7 Å². The van der Waals surface area contributed by atoms with Crippen LogP contribution in [0.2, 0.25) is 0 Å². The van der Waals surface area contributed by atoms with E-state index in [4.69, 9.17) is 9.47 Å². The third-order valence-corrected chi connectivity index (χ3v) is 3.08. The highest BCUT2D eigenvalue weighted by Gasteiger charge is 2.17. The van der Waals surface area contributed by atoms with Crippen molar-refractivity contribution >= 4 is 10.0 Å². The second-order valence-corrected chi connectivity index (χ2v) is 4.40. The van der Waals surface area contributed by atoms with Gasteiger partial charge in [0.2, 0.25) is 0 Å². The van der Waals surface area contributed by atoms with E-state index in [0.29, 0.717) is 0 Å². The molecular formula is C7H13N3O4S. The quantitative estimate of drug-likeness (QED) is 0.636. The number of sulfonamides is 1. The summed E-state index contributed by atoms with van der Waals surface area (Å²) in [5.74, 6) is 0. The normalized spacial score (nSPS) is 12.2. The maximum Gasteiger partial charge on any atom is 0.257 e. The number of imidazole rings is 1. The van der Waals surface area contributed by atoms with Crippen molar-refractivity contribution in [3.63, 3.8) is 0 Å². The molecule has 2 N–H and O–H groups in total. The Kier molecular flexibility index (Phi) is 4.21. The first kappa shape index (κ1) is 12.1. The van der Waals surface area contributed by atoms with Gasteiger partial charge in [0.1, 0.15) is 0 Å². The first-order valence-electron chi connectivity index (χ1n) is 4.14. The monoisotopic (exact) mass is 235 g/mol. The lowest BCUT2D eigenvalue weighted by atomic mass is 10.6. The summed E-state index contributed by atoms with van der Waals surface area (Å²) in [6.07, 6.45) is 1.90. The van der Waals surface area contributed by atoms with Gasteiger partial charge in [-0.2, -0.15) is 0 Å². The number of hydrogen-bond acceptors (Lipinski definition) is 5. The van der Waals surface area contributed by atoms with E-state index in [1.54, 1.807) is 0 Å². The fourth-order valence-electron chi connectivity index (χ4n) is 0.908. The summed E-state index contributed by atoms with van der Waals surface area (Å²) in [7, 11) is -0.702. The molecule has 1 aromatic rings. The van der Waals surface area contributed by atoms with Crippen LogP contribution in [-0.2, 0) is 19.5 Å². The smallest absolute Gasteiger partial charge is 0.257 e. The zero-order chi connectivity index (χ0) is 11.3. The second kappa shape index (κ2) is 5.21. The maximum absolute atomic E-state index is 11.5. The Morgan fingerprint density at radius 2 is 2.20 bits per heavy atom.